The number of thiazole rings is 1. The van der Waals surface area contributed by atoms with Crippen molar-refractivity contribution in [2.75, 3.05) is 5.73 Å². The van der Waals surface area contributed by atoms with Crippen LogP contribution in [-0.4, -0.2) is 9.38 Å². The van der Waals surface area contributed by atoms with E-state index in [2.05, 4.69) is 21.7 Å². The second-order valence-electron chi connectivity index (χ2n) is 4.14. The van der Waals surface area contributed by atoms with Crippen LogP contribution in [0, 0.1) is 13.8 Å². The Morgan fingerprint density at radius 3 is 2.59 bits per heavy atom. The van der Waals surface area contributed by atoms with Crippen LogP contribution in [0.1, 0.15) is 11.4 Å². The van der Waals surface area contributed by atoms with Crippen molar-refractivity contribution in [3.05, 3.63) is 41.0 Å². The first-order chi connectivity index (χ1) is 8.16. The lowest BCUT2D eigenvalue weighted by Gasteiger charge is -2.02. The molecule has 3 aromatic rings. The van der Waals surface area contributed by atoms with Gasteiger partial charge < -0.3 is 5.73 Å². The molecule has 0 aliphatic heterocycles. The third-order valence-corrected chi connectivity index (χ3v) is 3.86. The van der Waals surface area contributed by atoms with E-state index in [9.17, 15) is 0 Å². The monoisotopic (exact) mass is 243 g/mol. The van der Waals surface area contributed by atoms with Crippen molar-refractivity contribution in [2.45, 2.75) is 13.8 Å². The van der Waals surface area contributed by atoms with Gasteiger partial charge in [0.25, 0.3) is 0 Å². The summed E-state index contributed by atoms with van der Waals surface area (Å²) in [5, 5.41) is 2.14. The molecule has 3 rings (SSSR count). The summed E-state index contributed by atoms with van der Waals surface area (Å²) in [6.07, 6.45) is 0. The maximum absolute atomic E-state index is 5.71. The van der Waals surface area contributed by atoms with Crippen LogP contribution in [0.15, 0.2) is 29.6 Å². The first kappa shape index (κ1) is 10.4. The number of benzene rings is 1. The SMILES string of the molecule is Cc1nc2scc(-c3ccc(N)cc3)n2c1C. The van der Waals surface area contributed by atoms with Gasteiger partial charge in [0.1, 0.15) is 0 Å². The van der Waals surface area contributed by atoms with Crippen LogP contribution in [-0.2, 0) is 0 Å². The first-order valence-corrected chi connectivity index (χ1v) is 6.34. The number of hydrogen-bond acceptors (Lipinski definition) is 3. The van der Waals surface area contributed by atoms with E-state index < -0.39 is 0 Å². The number of fused-ring (bicyclic) bond motifs is 1. The van der Waals surface area contributed by atoms with Crippen LogP contribution < -0.4 is 5.73 Å². The molecule has 0 bridgehead atoms. The molecule has 2 heterocycles. The number of nitrogen functional groups attached to an aromatic ring is 1. The summed E-state index contributed by atoms with van der Waals surface area (Å²) in [6, 6.07) is 7.95. The molecule has 17 heavy (non-hydrogen) atoms. The van der Waals surface area contributed by atoms with Gasteiger partial charge in [-0.15, -0.1) is 11.3 Å². The van der Waals surface area contributed by atoms with Gasteiger partial charge in [-0.3, -0.25) is 4.40 Å². The number of imidazole rings is 1. The van der Waals surface area contributed by atoms with Crippen LogP contribution in [0.3, 0.4) is 0 Å². The highest BCUT2D eigenvalue weighted by molar-refractivity contribution is 7.15. The Labute approximate surface area is 104 Å². The number of hydrogen-bond donors (Lipinski definition) is 1. The Bertz CT molecular complexity index is 677. The van der Waals surface area contributed by atoms with E-state index >= 15 is 0 Å². The van der Waals surface area contributed by atoms with Crippen LogP contribution in [0.2, 0.25) is 0 Å². The predicted molar refractivity (Wildman–Crippen MR) is 72.4 cm³/mol. The largest absolute Gasteiger partial charge is 0.399 e. The minimum absolute atomic E-state index is 0.791. The van der Waals surface area contributed by atoms with Gasteiger partial charge in [-0.25, -0.2) is 4.98 Å². The zero-order valence-corrected chi connectivity index (χ0v) is 10.6. The predicted octanol–water partition coefficient (Wildman–Crippen LogP) is 3.26. The first-order valence-electron chi connectivity index (χ1n) is 5.46. The topological polar surface area (TPSA) is 43.3 Å². The van der Waals surface area contributed by atoms with Gasteiger partial charge in [-0.1, -0.05) is 12.1 Å². The summed E-state index contributed by atoms with van der Waals surface area (Å²) in [6.45, 7) is 4.14. The molecule has 0 atom stereocenters. The van der Waals surface area contributed by atoms with Gasteiger partial charge >= 0.3 is 0 Å². The summed E-state index contributed by atoms with van der Waals surface area (Å²) in [7, 11) is 0. The molecule has 4 heteroatoms. The molecule has 0 aliphatic carbocycles. The van der Waals surface area contributed by atoms with E-state index in [-0.39, 0.29) is 0 Å². The van der Waals surface area contributed by atoms with Crippen molar-refractivity contribution >= 4 is 22.0 Å². The third kappa shape index (κ3) is 1.52. The van der Waals surface area contributed by atoms with E-state index in [0.717, 1.165) is 16.3 Å². The highest BCUT2D eigenvalue weighted by atomic mass is 32.1. The standard InChI is InChI=1S/C13H13N3S/c1-8-9(2)16-12(7-17-13(16)15-8)10-3-5-11(14)6-4-10/h3-7H,14H2,1-2H3. The van der Waals surface area contributed by atoms with Crippen molar-refractivity contribution < 1.29 is 0 Å². The molecule has 3 nitrogen and oxygen atoms in total. The maximum atomic E-state index is 5.71. The average molecular weight is 243 g/mol. The number of rotatable bonds is 1. The summed E-state index contributed by atoms with van der Waals surface area (Å²) in [5.41, 5.74) is 11.1. The summed E-state index contributed by atoms with van der Waals surface area (Å²) >= 11 is 1.67. The second-order valence-corrected chi connectivity index (χ2v) is 4.98. The van der Waals surface area contributed by atoms with Crippen molar-refractivity contribution in [3.63, 3.8) is 0 Å². The van der Waals surface area contributed by atoms with E-state index in [4.69, 9.17) is 5.73 Å². The minimum Gasteiger partial charge on any atom is -0.399 e. The van der Waals surface area contributed by atoms with Crippen molar-refractivity contribution in [1.82, 2.24) is 9.38 Å². The highest BCUT2D eigenvalue weighted by Crippen LogP contribution is 2.28. The lowest BCUT2D eigenvalue weighted by molar-refractivity contribution is 1.12. The average Bonchev–Trinajstić information content (AvgIpc) is 2.83. The van der Waals surface area contributed by atoms with E-state index in [0.29, 0.717) is 0 Å². The Balaban J connectivity index is 2.26. The lowest BCUT2D eigenvalue weighted by atomic mass is 10.1. The molecule has 0 aliphatic rings. The Kier molecular flexibility index (Phi) is 2.19. The maximum Gasteiger partial charge on any atom is 0.194 e. The van der Waals surface area contributed by atoms with E-state index in [1.165, 1.54) is 17.0 Å². The zero-order valence-electron chi connectivity index (χ0n) is 9.77. The number of nitrogens with two attached hydrogens (primary N) is 1. The van der Waals surface area contributed by atoms with Crippen molar-refractivity contribution in [2.24, 2.45) is 0 Å². The molecular formula is C13H13N3S. The summed E-state index contributed by atoms with van der Waals surface area (Å²) in [5.74, 6) is 0. The molecule has 0 fully saturated rings. The molecule has 0 saturated carbocycles. The quantitative estimate of drug-likeness (QED) is 0.667. The van der Waals surface area contributed by atoms with Crippen LogP contribution in [0.4, 0.5) is 5.69 Å². The van der Waals surface area contributed by atoms with Crippen LogP contribution in [0.5, 0.6) is 0 Å². The Morgan fingerprint density at radius 2 is 1.88 bits per heavy atom. The lowest BCUT2D eigenvalue weighted by Crippen LogP contribution is -1.90. The van der Waals surface area contributed by atoms with E-state index in [1.807, 2.05) is 31.2 Å². The molecule has 1 aromatic carbocycles. The normalized spacial score (nSPS) is 11.2. The number of anilines is 1. The van der Waals surface area contributed by atoms with E-state index in [1.54, 1.807) is 11.3 Å². The molecule has 2 N–H and O–H groups in total. The van der Waals surface area contributed by atoms with Gasteiger partial charge in [0.05, 0.1) is 11.4 Å². The van der Waals surface area contributed by atoms with Crippen LogP contribution in [0.25, 0.3) is 16.2 Å². The van der Waals surface area contributed by atoms with Crippen LogP contribution >= 0.6 is 11.3 Å². The fraction of sp³-hybridized carbons (Fsp3) is 0.154. The molecular weight excluding hydrogens is 230 g/mol. The van der Waals surface area contributed by atoms with Gasteiger partial charge in [0.15, 0.2) is 4.96 Å². The smallest absolute Gasteiger partial charge is 0.194 e. The summed E-state index contributed by atoms with van der Waals surface area (Å²) in [4.78, 5) is 5.58. The number of aryl methyl sites for hydroxylation is 2. The third-order valence-electron chi connectivity index (χ3n) is 3.04. The number of aromatic nitrogens is 2. The molecule has 0 saturated heterocycles. The van der Waals surface area contributed by atoms with Gasteiger partial charge in [-0.05, 0) is 31.5 Å². The fourth-order valence-electron chi connectivity index (χ4n) is 1.95. The van der Waals surface area contributed by atoms with Gasteiger partial charge in [0.2, 0.25) is 0 Å². The molecule has 86 valence electrons. The highest BCUT2D eigenvalue weighted by Gasteiger charge is 2.11. The Morgan fingerprint density at radius 1 is 1.18 bits per heavy atom. The van der Waals surface area contributed by atoms with Crippen molar-refractivity contribution in [1.29, 1.82) is 0 Å². The van der Waals surface area contributed by atoms with Crippen molar-refractivity contribution in [3.8, 4) is 11.3 Å². The molecule has 0 unspecified atom stereocenters. The second kappa shape index (κ2) is 3.60. The summed E-state index contributed by atoms with van der Waals surface area (Å²) < 4.78 is 2.20. The molecule has 0 spiro atoms. The van der Waals surface area contributed by atoms with Gasteiger partial charge in [-0.2, -0.15) is 0 Å². The molecule has 2 aromatic heterocycles. The fourth-order valence-corrected chi connectivity index (χ4v) is 2.94. The number of nitrogens with zero attached hydrogens (tertiary/aromatic N) is 2. The van der Waals surface area contributed by atoms with Gasteiger partial charge in [0, 0.05) is 16.8 Å². The Hall–Kier alpha value is -1.81. The molecule has 0 amide bonds. The zero-order chi connectivity index (χ0) is 12.0. The molecule has 0 radical (unpaired) electrons. The minimum atomic E-state index is 0.791.